The van der Waals surface area contributed by atoms with Crippen molar-refractivity contribution in [3.63, 3.8) is 0 Å². The first-order valence-electron chi connectivity index (χ1n) is 6.23. The average molecular weight is 245 g/mol. The first-order chi connectivity index (χ1) is 8.61. The molecule has 1 aromatic carbocycles. The van der Waals surface area contributed by atoms with E-state index in [0.717, 1.165) is 5.56 Å². The average Bonchev–Trinajstić information content (AvgIpc) is 2.36. The topological polar surface area (TPSA) is 50.1 Å². The van der Waals surface area contributed by atoms with Crippen LogP contribution in [0, 0.1) is 23.2 Å². The normalized spacial score (nSPS) is 13.7. The number of benzene rings is 1. The van der Waals surface area contributed by atoms with Crippen LogP contribution in [0.2, 0.25) is 0 Å². The van der Waals surface area contributed by atoms with Gasteiger partial charge in [-0.2, -0.15) is 5.26 Å². The third kappa shape index (κ3) is 3.33. The van der Waals surface area contributed by atoms with Gasteiger partial charge in [0.15, 0.2) is 5.92 Å². The Morgan fingerprint density at radius 3 is 2.39 bits per heavy atom. The Bertz CT molecular complexity index is 420. The van der Waals surface area contributed by atoms with Crippen molar-refractivity contribution in [3.05, 3.63) is 35.9 Å². The van der Waals surface area contributed by atoms with E-state index < -0.39 is 11.9 Å². The van der Waals surface area contributed by atoms with Gasteiger partial charge < -0.3 is 4.74 Å². The van der Waals surface area contributed by atoms with Crippen LogP contribution in [0.1, 0.15) is 32.3 Å². The van der Waals surface area contributed by atoms with E-state index in [-0.39, 0.29) is 11.8 Å². The van der Waals surface area contributed by atoms with Gasteiger partial charge in [0.05, 0.1) is 12.7 Å². The summed E-state index contributed by atoms with van der Waals surface area (Å²) < 4.78 is 4.99. The number of nitriles is 1. The molecular weight excluding hydrogens is 226 g/mol. The first-order valence-corrected chi connectivity index (χ1v) is 6.23. The van der Waals surface area contributed by atoms with Crippen LogP contribution in [-0.2, 0) is 9.53 Å². The molecule has 0 aliphatic carbocycles. The second-order valence-corrected chi connectivity index (χ2v) is 4.54. The van der Waals surface area contributed by atoms with Crippen LogP contribution in [0.15, 0.2) is 30.3 Å². The highest BCUT2D eigenvalue weighted by Gasteiger charge is 2.32. The lowest BCUT2D eigenvalue weighted by atomic mass is 9.79. The number of esters is 1. The molecule has 0 heterocycles. The number of rotatable bonds is 5. The molecule has 3 heteroatoms. The van der Waals surface area contributed by atoms with Gasteiger partial charge in [0, 0.05) is 5.92 Å². The fourth-order valence-electron chi connectivity index (χ4n) is 2.15. The number of ether oxygens (including phenoxy) is 1. The molecule has 2 unspecified atom stereocenters. The molecule has 3 nitrogen and oxygen atoms in total. The molecule has 0 aliphatic rings. The second-order valence-electron chi connectivity index (χ2n) is 4.54. The fraction of sp³-hybridized carbons (Fsp3) is 0.467. The van der Waals surface area contributed by atoms with Crippen LogP contribution in [0.3, 0.4) is 0 Å². The highest BCUT2D eigenvalue weighted by Crippen LogP contribution is 2.32. The minimum atomic E-state index is -0.743. The Morgan fingerprint density at radius 2 is 1.94 bits per heavy atom. The molecule has 1 rings (SSSR count). The third-order valence-corrected chi connectivity index (χ3v) is 2.94. The monoisotopic (exact) mass is 245 g/mol. The largest absolute Gasteiger partial charge is 0.465 e. The summed E-state index contributed by atoms with van der Waals surface area (Å²) in [5.74, 6) is -1.10. The van der Waals surface area contributed by atoms with Crippen molar-refractivity contribution in [1.29, 1.82) is 5.26 Å². The summed E-state index contributed by atoms with van der Waals surface area (Å²) >= 11 is 0. The Labute approximate surface area is 108 Å². The number of nitrogens with zero attached hydrogens (tertiary/aromatic N) is 1. The van der Waals surface area contributed by atoms with Crippen molar-refractivity contribution < 1.29 is 9.53 Å². The smallest absolute Gasteiger partial charge is 0.323 e. The Kier molecular flexibility index (Phi) is 5.38. The number of carbonyl (C=O) groups excluding carboxylic acids is 1. The van der Waals surface area contributed by atoms with Crippen LogP contribution >= 0.6 is 0 Å². The van der Waals surface area contributed by atoms with Crippen molar-refractivity contribution in [3.8, 4) is 6.07 Å². The van der Waals surface area contributed by atoms with Crippen molar-refractivity contribution in [2.75, 3.05) is 6.61 Å². The summed E-state index contributed by atoms with van der Waals surface area (Å²) in [6, 6.07) is 11.8. The zero-order chi connectivity index (χ0) is 13.5. The maximum Gasteiger partial charge on any atom is 0.323 e. The van der Waals surface area contributed by atoms with E-state index in [2.05, 4.69) is 6.07 Å². The highest BCUT2D eigenvalue weighted by molar-refractivity contribution is 5.76. The molecule has 0 amide bonds. The lowest BCUT2D eigenvalue weighted by molar-refractivity contribution is -0.147. The van der Waals surface area contributed by atoms with E-state index in [9.17, 15) is 10.1 Å². The van der Waals surface area contributed by atoms with Crippen LogP contribution in [-0.4, -0.2) is 12.6 Å². The van der Waals surface area contributed by atoms with E-state index in [0.29, 0.717) is 6.61 Å². The third-order valence-electron chi connectivity index (χ3n) is 2.94. The molecule has 2 atom stereocenters. The molecule has 1 aromatic rings. The van der Waals surface area contributed by atoms with Gasteiger partial charge in [-0.3, -0.25) is 4.79 Å². The molecule has 18 heavy (non-hydrogen) atoms. The van der Waals surface area contributed by atoms with E-state index in [1.807, 2.05) is 44.2 Å². The Morgan fingerprint density at radius 1 is 1.33 bits per heavy atom. The summed E-state index contributed by atoms with van der Waals surface area (Å²) in [6.45, 7) is 6.08. The summed E-state index contributed by atoms with van der Waals surface area (Å²) in [7, 11) is 0. The van der Waals surface area contributed by atoms with Gasteiger partial charge in [-0.1, -0.05) is 44.2 Å². The van der Waals surface area contributed by atoms with Crippen LogP contribution in [0.25, 0.3) is 0 Å². The lowest BCUT2D eigenvalue weighted by Crippen LogP contribution is -2.26. The van der Waals surface area contributed by atoms with Crippen LogP contribution in [0.5, 0.6) is 0 Å². The Hall–Kier alpha value is -1.82. The lowest BCUT2D eigenvalue weighted by Gasteiger charge is -2.24. The van der Waals surface area contributed by atoms with Gasteiger partial charge in [-0.05, 0) is 18.4 Å². The molecule has 0 saturated heterocycles. The summed E-state index contributed by atoms with van der Waals surface area (Å²) in [5, 5.41) is 9.25. The predicted molar refractivity (Wildman–Crippen MR) is 69.8 cm³/mol. The van der Waals surface area contributed by atoms with Gasteiger partial charge >= 0.3 is 5.97 Å². The molecule has 0 N–H and O–H groups in total. The summed E-state index contributed by atoms with van der Waals surface area (Å²) in [5.41, 5.74) is 1.01. The second kappa shape index (κ2) is 6.80. The molecule has 0 bridgehead atoms. The van der Waals surface area contributed by atoms with E-state index in [1.165, 1.54) is 0 Å². The molecule has 0 radical (unpaired) electrons. The number of carbonyl (C=O) groups is 1. The molecule has 0 spiro atoms. The molecule has 0 aliphatic heterocycles. The van der Waals surface area contributed by atoms with Crippen LogP contribution in [0.4, 0.5) is 0 Å². The van der Waals surface area contributed by atoms with E-state index >= 15 is 0 Å². The van der Waals surface area contributed by atoms with Gasteiger partial charge in [0.1, 0.15) is 0 Å². The van der Waals surface area contributed by atoms with Crippen molar-refractivity contribution >= 4 is 5.97 Å². The minimum absolute atomic E-state index is 0.129. The van der Waals surface area contributed by atoms with Crippen LogP contribution < -0.4 is 0 Å². The maximum absolute atomic E-state index is 11.8. The number of hydrogen-bond donors (Lipinski definition) is 0. The molecule has 0 aromatic heterocycles. The van der Waals surface area contributed by atoms with Crippen molar-refractivity contribution in [2.45, 2.75) is 26.7 Å². The Balaban J connectivity index is 3.05. The zero-order valence-corrected chi connectivity index (χ0v) is 11.1. The van der Waals surface area contributed by atoms with E-state index in [4.69, 9.17) is 4.74 Å². The van der Waals surface area contributed by atoms with Gasteiger partial charge in [-0.25, -0.2) is 0 Å². The van der Waals surface area contributed by atoms with Crippen molar-refractivity contribution in [1.82, 2.24) is 0 Å². The standard InChI is InChI=1S/C15H19NO2/c1-4-18-15(17)13(10-16)14(11(2)3)12-8-6-5-7-9-12/h5-9,11,13-14H,4H2,1-3H3. The fourth-order valence-corrected chi connectivity index (χ4v) is 2.15. The SMILES string of the molecule is CCOC(=O)C(C#N)C(c1ccccc1)C(C)C. The number of hydrogen-bond acceptors (Lipinski definition) is 3. The van der Waals surface area contributed by atoms with Gasteiger partial charge in [-0.15, -0.1) is 0 Å². The van der Waals surface area contributed by atoms with Crippen molar-refractivity contribution in [2.24, 2.45) is 11.8 Å². The van der Waals surface area contributed by atoms with Gasteiger partial charge in [0.25, 0.3) is 0 Å². The molecule has 0 saturated carbocycles. The van der Waals surface area contributed by atoms with Gasteiger partial charge in [0.2, 0.25) is 0 Å². The quantitative estimate of drug-likeness (QED) is 0.749. The molecular formula is C15H19NO2. The summed E-state index contributed by atoms with van der Waals surface area (Å²) in [6.07, 6.45) is 0. The zero-order valence-electron chi connectivity index (χ0n) is 11.1. The summed E-state index contributed by atoms with van der Waals surface area (Å²) in [4.78, 5) is 11.8. The predicted octanol–water partition coefficient (Wildman–Crippen LogP) is 3.13. The molecule has 96 valence electrons. The highest BCUT2D eigenvalue weighted by atomic mass is 16.5. The first kappa shape index (κ1) is 14.2. The maximum atomic E-state index is 11.8. The minimum Gasteiger partial charge on any atom is -0.465 e. The molecule has 0 fully saturated rings. The van der Waals surface area contributed by atoms with E-state index in [1.54, 1.807) is 6.92 Å².